The summed E-state index contributed by atoms with van der Waals surface area (Å²) in [5.74, 6) is -0.00645. The summed E-state index contributed by atoms with van der Waals surface area (Å²) in [6.07, 6.45) is 4.71. The maximum atomic E-state index is 13.5. The molecule has 1 aromatic heterocycles. The lowest BCUT2D eigenvalue weighted by molar-refractivity contribution is -0.134. The van der Waals surface area contributed by atoms with Crippen molar-refractivity contribution in [3.05, 3.63) is 77.9 Å². The molecule has 166 valence electrons. The predicted octanol–water partition coefficient (Wildman–Crippen LogP) is 3.94. The first-order valence-electron chi connectivity index (χ1n) is 11.3. The normalized spacial score (nSPS) is 16.8. The number of benzene rings is 2. The van der Waals surface area contributed by atoms with Crippen LogP contribution in [-0.4, -0.2) is 57.8 Å². The van der Waals surface area contributed by atoms with Crippen LogP contribution < -0.4 is 0 Å². The van der Waals surface area contributed by atoms with Crippen LogP contribution in [0.5, 0.6) is 0 Å². The smallest absolute Gasteiger partial charge is 0.289 e. The van der Waals surface area contributed by atoms with E-state index in [0.717, 1.165) is 23.1 Å². The first-order valence-corrected chi connectivity index (χ1v) is 11.3. The molecule has 4 rings (SSSR count). The molecule has 3 aromatic rings. The van der Waals surface area contributed by atoms with Crippen LogP contribution in [0, 0.1) is 12.8 Å². The van der Waals surface area contributed by atoms with E-state index in [-0.39, 0.29) is 17.7 Å². The Morgan fingerprint density at radius 3 is 2.62 bits per heavy atom. The van der Waals surface area contributed by atoms with Crippen molar-refractivity contribution in [3.8, 4) is 11.1 Å². The first kappa shape index (κ1) is 21.8. The summed E-state index contributed by atoms with van der Waals surface area (Å²) < 4.78 is 0. The van der Waals surface area contributed by atoms with Crippen LogP contribution in [0.2, 0.25) is 0 Å². The Labute approximate surface area is 189 Å². The van der Waals surface area contributed by atoms with Gasteiger partial charge in [-0.1, -0.05) is 61.0 Å². The SMILES string of the molecule is CCCN1CCN(C(=O)c2ncc[nH]2)CC(Cc2ccccc2-c2ccc(C)cc2)C1=O. The Morgan fingerprint density at radius 2 is 1.91 bits per heavy atom. The summed E-state index contributed by atoms with van der Waals surface area (Å²) in [5, 5.41) is 0. The van der Waals surface area contributed by atoms with Gasteiger partial charge in [0.05, 0.1) is 5.92 Å². The third kappa shape index (κ3) is 4.74. The molecule has 1 unspecified atom stereocenters. The highest BCUT2D eigenvalue weighted by Crippen LogP contribution is 2.28. The predicted molar refractivity (Wildman–Crippen MR) is 125 cm³/mol. The van der Waals surface area contributed by atoms with Crippen molar-refractivity contribution < 1.29 is 9.59 Å². The van der Waals surface area contributed by atoms with Crippen molar-refractivity contribution in [1.82, 2.24) is 19.8 Å². The molecule has 1 fully saturated rings. The van der Waals surface area contributed by atoms with Crippen LogP contribution in [0.25, 0.3) is 11.1 Å². The van der Waals surface area contributed by atoms with Gasteiger partial charge in [-0.3, -0.25) is 9.59 Å². The number of nitrogens with one attached hydrogen (secondary N) is 1. The molecule has 1 aliphatic rings. The molecule has 2 aromatic carbocycles. The van der Waals surface area contributed by atoms with Gasteiger partial charge in [0, 0.05) is 38.6 Å². The minimum Gasteiger partial charge on any atom is -0.341 e. The molecule has 6 nitrogen and oxygen atoms in total. The Bertz CT molecular complexity index is 1060. The Hall–Kier alpha value is -3.41. The average Bonchev–Trinajstić information content (AvgIpc) is 3.30. The number of amides is 2. The lowest BCUT2D eigenvalue weighted by Gasteiger charge is -2.24. The van der Waals surface area contributed by atoms with E-state index in [0.29, 0.717) is 38.4 Å². The molecule has 0 spiro atoms. The van der Waals surface area contributed by atoms with Crippen LogP contribution in [0.1, 0.15) is 35.1 Å². The maximum Gasteiger partial charge on any atom is 0.289 e. The highest BCUT2D eigenvalue weighted by Gasteiger charge is 2.33. The fraction of sp³-hybridized carbons (Fsp3) is 0.346. The number of nitrogens with zero attached hydrogens (tertiary/aromatic N) is 3. The highest BCUT2D eigenvalue weighted by molar-refractivity contribution is 5.91. The number of imidazole rings is 1. The Morgan fingerprint density at radius 1 is 1.12 bits per heavy atom. The monoisotopic (exact) mass is 430 g/mol. The summed E-state index contributed by atoms with van der Waals surface area (Å²) in [6.45, 7) is 6.31. The topological polar surface area (TPSA) is 69.3 Å². The Balaban J connectivity index is 1.63. The van der Waals surface area contributed by atoms with Crippen molar-refractivity contribution in [2.75, 3.05) is 26.2 Å². The molecule has 0 saturated carbocycles. The van der Waals surface area contributed by atoms with Gasteiger partial charge < -0.3 is 14.8 Å². The van der Waals surface area contributed by atoms with Gasteiger partial charge in [-0.2, -0.15) is 0 Å². The minimum atomic E-state index is -0.297. The Kier molecular flexibility index (Phi) is 6.69. The number of aromatic amines is 1. The quantitative estimate of drug-likeness (QED) is 0.644. The first-order chi connectivity index (χ1) is 15.6. The molecule has 32 heavy (non-hydrogen) atoms. The fourth-order valence-corrected chi connectivity index (χ4v) is 4.38. The van der Waals surface area contributed by atoms with Gasteiger partial charge in [0.25, 0.3) is 5.91 Å². The largest absolute Gasteiger partial charge is 0.341 e. The summed E-state index contributed by atoms with van der Waals surface area (Å²) in [4.78, 5) is 37.2. The zero-order valence-corrected chi connectivity index (χ0v) is 18.8. The number of carbonyl (C=O) groups is 2. The number of hydrogen-bond donors (Lipinski definition) is 1. The lowest BCUT2D eigenvalue weighted by atomic mass is 9.91. The molecular formula is C26H30N4O2. The molecule has 2 heterocycles. The summed E-state index contributed by atoms with van der Waals surface area (Å²) in [7, 11) is 0. The van der Waals surface area contributed by atoms with E-state index in [2.05, 4.69) is 60.2 Å². The maximum absolute atomic E-state index is 13.5. The van der Waals surface area contributed by atoms with Gasteiger partial charge >= 0.3 is 0 Å². The molecule has 1 N–H and O–H groups in total. The molecule has 0 radical (unpaired) electrons. The van der Waals surface area contributed by atoms with Gasteiger partial charge in [-0.25, -0.2) is 4.98 Å². The molecule has 1 saturated heterocycles. The third-order valence-electron chi connectivity index (χ3n) is 6.07. The molecule has 2 amide bonds. The molecule has 0 bridgehead atoms. The molecule has 1 aliphatic heterocycles. The second-order valence-corrected chi connectivity index (χ2v) is 8.44. The van der Waals surface area contributed by atoms with E-state index in [1.807, 2.05) is 17.0 Å². The standard InChI is InChI=1S/C26H30N4O2/c1-3-14-29-15-16-30(26(32)24-27-12-13-28-24)18-22(25(29)31)17-21-6-4-5-7-23(21)20-10-8-19(2)9-11-20/h4-13,22H,3,14-18H2,1-2H3,(H,27,28). The van der Waals surface area contributed by atoms with Crippen molar-refractivity contribution in [3.63, 3.8) is 0 Å². The summed E-state index contributed by atoms with van der Waals surface area (Å²) in [5.41, 5.74) is 4.61. The zero-order chi connectivity index (χ0) is 22.5. The van der Waals surface area contributed by atoms with E-state index >= 15 is 0 Å². The van der Waals surface area contributed by atoms with Gasteiger partial charge in [-0.15, -0.1) is 0 Å². The van der Waals surface area contributed by atoms with Gasteiger partial charge in [0.1, 0.15) is 0 Å². The molecule has 1 atom stereocenters. The fourth-order valence-electron chi connectivity index (χ4n) is 4.38. The number of carbonyl (C=O) groups excluding carboxylic acids is 2. The molecular weight excluding hydrogens is 400 g/mol. The van der Waals surface area contributed by atoms with Crippen LogP contribution in [0.3, 0.4) is 0 Å². The molecule has 0 aliphatic carbocycles. The molecule has 6 heteroatoms. The summed E-state index contributed by atoms with van der Waals surface area (Å²) in [6, 6.07) is 16.7. The second kappa shape index (κ2) is 9.81. The lowest BCUT2D eigenvalue weighted by Crippen LogP contribution is -2.38. The number of rotatable bonds is 6. The van der Waals surface area contributed by atoms with Crippen LogP contribution in [0.4, 0.5) is 0 Å². The third-order valence-corrected chi connectivity index (χ3v) is 6.07. The van der Waals surface area contributed by atoms with Crippen LogP contribution in [0.15, 0.2) is 60.9 Å². The van der Waals surface area contributed by atoms with Crippen molar-refractivity contribution in [2.24, 2.45) is 5.92 Å². The number of hydrogen-bond acceptors (Lipinski definition) is 3. The van der Waals surface area contributed by atoms with Crippen LogP contribution in [-0.2, 0) is 11.2 Å². The van der Waals surface area contributed by atoms with E-state index in [1.54, 1.807) is 17.3 Å². The van der Waals surface area contributed by atoms with Gasteiger partial charge in [0.2, 0.25) is 5.91 Å². The van der Waals surface area contributed by atoms with Gasteiger partial charge in [0.15, 0.2) is 5.82 Å². The minimum absolute atomic E-state index is 0.125. The van der Waals surface area contributed by atoms with E-state index in [1.165, 1.54) is 5.56 Å². The van der Waals surface area contributed by atoms with Gasteiger partial charge in [-0.05, 0) is 36.5 Å². The number of aryl methyl sites for hydroxylation is 1. The van der Waals surface area contributed by atoms with Crippen molar-refractivity contribution >= 4 is 11.8 Å². The second-order valence-electron chi connectivity index (χ2n) is 8.44. The highest BCUT2D eigenvalue weighted by atomic mass is 16.2. The average molecular weight is 431 g/mol. The summed E-state index contributed by atoms with van der Waals surface area (Å²) >= 11 is 0. The van der Waals surface area contributed by atoms with E-state index < -0.39 is 0 Å². The van der Waals surface area contributed by atoms with E-state index in [4.69, 9.17) is 0 Å². The van der Waals surface area contributed by atoms with Crippen molar-refractivity contribution in [1.29, 1.82) is 0 Å². The van der Waals surface area contributed by atoms with Crippen LogP contribution >= 0.6 is 0 Å². The zero-order valence-electron chi connectivity index (χ0n) is 18.8. The van der Waals surface area contributed by atoms with Crippen molar-refractivity contribution in [2.45, 2.75) is 26.7 Å². The van der Waals surface area contributed by atoms with E-state index in [9.17, 15) is 9.59 Å². The number of H-pyrrole nitrogens is 1. The number of aromatic nitrogens is 2.